The van der Waals surface area contributed by atoms with Crippen LogP contribution in [0, 0.1) is 0 Å². The summed E-state index contributed by atoms with van der Waals surface area (Å²) in [6.07, 6.45) is -7.90. The molecule has 0 fully saturated rings. The predicted octanol–water partition coefficient (Wildman–Crippen LogP) is 2.54. The van der Waals surface area contributed by atoms with Gasteiger partial charge in [0.25, 0.3) is 0 Å². The quantitative estimate of drug-likeness (QED) is 0.443. The second kappa shape index (κ2) is 6.83. The maximum absolute atomic E-state index is 13.0. The third kappa shape index (κ3) is 4.49. The Bertz CT molecular complexity index is 460. The molecule has 0 aliphatic carbocycles. The van der Waals surface area contributed by atoms with Crippen LogP contribution in [-0.2, 0) is 9.53 Å². The number of hydrogen-bond donors (Lipinski definition) is 2. The van der Waals surface area contributed by atoms with Crippen LogP contribution in [0.5, 0.6) is 0 Å². The fourth-order valence-electron chi connectivity index (χ4n) is 0.973. The maximum Gasteiger partial charge on any atom is 0.460 e. The van der Waals surface area contributed by atoms with Crippen molar-refractivity contribution in [1.82, 2.24) is 10.9 Å². The van der Waals surface area contributed by atoms with Gasteiger partial charge in [-0.3, -0.25) is 4.79 Å². The van der Waals surface area contributed by atoms with E-state index in [4.69, 9.17) is 0 Å². The van der Waals surface area contributed by atoms with Crippen LogP contribution in [-0.4, -0.2) is 36.5 Å². The number of ketones is 1. The first-order valence-electron chi connectivity index (χ1n) is 5.51. The second-order valence-corrected chi connectivity index (χ2v) is 3.81. The fourth-order valence-corrected chi connectivity index (χ4v) is 0.973. The van der Waals surface area contributed by atoms with Crippen LogP contribution in [0.3, 0.4) is 0 Å². The zero-order chi connectivity index (χ0) is 17.8. The summed E-state index contributed by atoms with van der Waals surface area (Å²) in [4.78, 5) is 21.7. The summed E-state index contributed by atoms with van der Waals surface area (Å²) < 4.78 is 91.1. The summed E-state index contributed by atoms with van der Waals surface area (Å²) in [5.74, 6) is -15.3. The van der Waals surface area contributed by atoms with E-state index in [2.05, 4.69) is 4.74 Å². The van der Waals surface area contributed by atoms with Crippen molar-refractivity contribution in [3.63, 3.8) is 0 Å². The van der Waals surface area contributed by atoms with Crippen molar-refractivity contribution in [2.24, 2.45) is 0 Å². The summed E-state index contributed by atoms with van der Waals surface area (Å²) in [6.45, 7) is 2.25. The highest BCUT2D eigenvalue weighted by Crippen LogP contribution is 2.47. The Morgan fingerprint density at radius 2 is 1.55 bits per heavy atom. The average molecular weight is 340 g/mol. The van der Waals surface area contributed by atoms with Crippen LogP contribution in [0.4, 0.5) is 35.5 Å². The summed E-state index contributed by atoms with van der Waals surface area (Å²) in [5, 5.41) is 0. The molecule has 0 aliphatic rings. The molecule has 0 saturated carbocycles. The van der Waals surface area contributed by atoms with Crippen LogP contribution in [0.1, 0.15) is 13.8 Å². The smallest absolute Gasteiger partial charge is 0.449 e. The molecule has 128 valence electrons. The minimum Gasteiger partial charge on any atom is -0.449 e. The van der Waals surface area contributed by atoms with Crippen molar-refractivity contribution in [3.8, 4) is 0 Å². The molecule has 0 aromatic heterocycles. The first-order valence-corrected chi connectivity index (χ1v) is 5.51. The van der Waals surface area contributed by atoms with E-state index >= 15 is 0 Å². The molecule has 5 nitrogen and oxygen atoms in total. The number of carbonyl (C=O) groups is 2. The monoisotopic (exact) mass is 340 g/mol. The minimum atomic E-state index is -6.61. The Morgan fingerprint density at radius 1 is 1.05 bits per heavy atom. The molecular weight excluding hydrogens is 329 g/mol. The SMILES string of the molecule is CCOC(=O)NN/C(C)=C/C(=O)C(F)(F)C(F)(F)C(F)(F)F. The zero-order valence-corrected chi connectivity index (χ0v) is 11.2. The van der Waals surface area contributed by atoms with Crippen molar-refractivity contribution in [2.45, 2.75) is 31.9 Å². The first-order chi connectivity index (χ1) is 9.77. The maximum atomic E-state index is 13.0. The number of hydrogen-bond acceptors (Lipinski definition) is 4. The van der Waals surface area contributed by atoms with E-state index in [1.165, 1.54) is 6.92 Å². The molecule has 0 rings (SSSR count). The molecule has 1 amide bonds. The molecule has 0 unspecified atom stereocenters. The molecule has 0 spiro atoms. The predicted molar refractivity (Wildman–Crippen MR) is 58.0 cm³/mol. The highest BCUT2D eigenvalue weighted by Gasteiger charge is 2.75. The highest BCUT2D eigenvalue weighted by atomic mass is 19.4. The van der Waals surface area contributed by atoms with Crippen molar-refractivity contribution >= 4 is 11.9 Å². The second-order valence-electron chi connectivity index (χ2n) is 3.81. The van der Waals surface area contributed by atoms with Gasteiger partial charge in [-0.1, -0.05) is 0 Å². The summed E-state index contributed by atoms with van der Waals surface area (Å²) in [5.41, 5.74) is 2.92. The normalized spacial score (nSPS) is 13.6. The lowest BCUT2D eigenvalue weighted by Crippen LogP contribution is -2.55. The molecule has 0 aliphatic heterocycles. The van der Waals surface area contributed by atoms with E-state index in [9.17, 15) is 40.3 Å². The van der Waals surface area contributed by atoms with E-state index in [0.717, 1.165) is 6.92 Å². The Balaban J connectivity index is 5.02. The lowest BCUT2D eigenvalue weighted by Gasteiger charge is -2.26. The van der Waals surface area contributed by atoms with Gasteiger partial charge in [-0.05, 0) is 13.8 Å². The highest BCUT2D eigenvalue weighted by molar-refractivity contribution is 5.97. The number of rotatable bonds is 6. The van der Waals surface area contributed by atoms with Crippen LogP contribution < -0.4 is 10.9 Å². The molecule has 0 aromatic carbocycles. The number of halogens is 7. The Kier molecular flexibility index (Phi) is 6.21. The number of hydrazine groups is 1. The molecule has 0 bridgehead atoms. The molecule has 0 saturated heterocycles. The topological polar surface area (TPSA) is 67.4 Å². The van der Waals surface area contributed by atoms with Gasteiger partial charge < -0.3 is 10.2 Å². The van der Waals surface area contributed by atoms with Gasteiger partial charge in [-0.25, -0.2) is 10.2 Å². The molecule has 22 heavy (non-hydrogen) atoms. The number of alkyl halides is 7. The summed E-state index contributed by atoms with van der Waals surface area (Å²) >= 11 is 0. The van der Waals surface area contributed by atoms with Crippen LogP contribution in [0.2, 0.25) is 0 Å². The third-order valence-corrected chi connectivity index (χ3v) is 2.04. The molecule has 12 heteroatoms. The van der Waals surface area contributed by atoms with E-state index < -0.39 is 35.6 Å². The van der Waals surface area contributed by atoms with Gasteiger partial charge >= 0.3 is 24.1 Å². The molecule has 0 radical (unpaired) electrons. The molecular formula is C10H11F7N2O3. The van der Waals surface area contributed by atoms with E-state index in [1.807, 2.05) is 5.43 Å². The number of carbonyl (C=O) groups excluding carboxylic acids is 2. The van der Waals surface area contributed by atoms with Crippen molar-refractivity contribution in [3.05, 3.63) is 11.8 Å². The van der Waals surface area contributed by atoms with Crippen LogP contribution in [0.15, 0.2) is 11.8 Å². The summed E-state index contributed by atoms with van der Waals surface area (Å²) in [7, 11) is 0. The van der Waals surface area contributed by atoms with Crippen LogP contribution >= 0.6 is 0 Å². The van der Waals surface area contributed by atoms with Gasteiger partial charge in [0, 0.05) is 11.8 Å². The molecule has 0 heterocycles. The third-order valence-electron chi connectivity index (χ3n) is 2.04. The lowest BCUT2D eigenvalue weighted by atomic mass is 10.1. The largest absolute Gasteiger partial charge is 0.460 e. The number of nitrogens with one attached hydrogen (secondary N) is 2. The number of allylic oxidation sites excluding steroid dienone is 2. The van der Waals surface area contributed by atoms with Gasteiger partial charge in [0.2, 0.25) is 5.78 Å². The van der Waals surface area contributed by atoms with Gasteiger partial charge in [-0.15, -0.1) is 0 Å². The van der Waals surface area contributed by atoms with Crippen molar-refractivity contribution < 1.29 is 45.1 Å². The number of amides is 1. The van der Waals surface area contributed by atoms with Crippen molar-refractivity contribution in [2.75, 3.05) is 6.61 Å². The lowest BCUT2D eigenvalue weighted by molar-refractivity contribution is -0.342. The molecule has 0 atom stereocenters. The molecule has 0 aromatic rings. The Hall–Kier alpha value is -2.01. The van der Waals surface area contributed by atoms with E-state index in [0.29, 0.717) is 0 Å². The Morgan fingerprint density at radius 3 is 1.95 bits per heavy atom. The van der Waals surface area contributed by atoms with E-state index in [1.54, 1.807) is 5.43 Å². The summed E-state index contributed by atoms with van der Waals surface area (Å²) in [6, 6.07) is 0. The first kappa shape index (κ1) is 20.0. The number of ether oxygens (including phenoxy) is 1. The van der Waals surface area contributed by atoms with Crippen molar-refractivity contribution in [1.29, 1.82) is 0 Å². The fraction of sp³-hybridized carbons (Fsp3) is 0.600. The van der Waals surface area contributed by atoms with E-state index in [-0.39, 0.29) is 12.7 Å². The minimum absolute atomic E-state index is 0.0505. The standard InChI is InChI=1S/C10H11F7N2O3/c1-3-22-7(21)19-18-5(2)4-6(20)8(11,12)9(13,14)10(15,16)17/h4,18H,3H2,1-2H3,(H,19,21)/b5-4+. The van der Waals surface area contributed by atoms with Crippen LogP contribution in [0.25, 0.3) is 0 Å². The van der Waals surface area contributed by atoms with Gasteiger partial charge in [0.15, 0.2) is 0 Å². The van der Waals surface area contributed by atoms with Gasteiger partial charge in [0.05, 0.1) is 6.61 Å². The van der Waals surface area contributed by atoms with Gasteiger partial charge in [-0.2, -0.15) is 30.7 Å². The van der Waals surface area contributed by atoms with Gasteiger partial charge in [0.1, 0.15) is 0 Å². The Labute approximate surface area is 119 Å². The molecule has 2 N–H and O–H groups in total. The zero-order valence-electron chi connectivity index (χ0n) is 11.2. The average Bonchev–Trinajstić information content (AvgIpc) is 2.35.